The van der Waals surface area contributed by atoms with Crippen molar-refractivity contribution in [3.05, 3.63) is 48.6 Å². The second-order valence-corrected chi connectivity index (χ2v) is 18.3. The fourth-order valence-electron chi connectivity index (χ4n) is 7.09. The third-order valence-corrected chi connectivity index (χ3v) is 11.6. The number of esters is 2. The summed E-state index contributed by atoms with van der Waals surface area (Å²) in [5.41, 5.74) is 0. The fraction of sp³-hybridized carbons (Fsp3) is 0.796. The highest BCUT2D eigenvalue weighted by Gasteiger charge is 2.46. The number of hydrogen-bond donors (Lipinski definition) is 4. The number of unbranched alkanes of at least 4 members (excludes halogenated alkanes) is 20. The van der Waals surface area contributed by atoms with Crippen LogP contribution in [-0.2, 0) is 38.7 Å². The molecule has 2 unspecified atom stereocenters. The maximum atomic E-state index is 12.8. The Morgan fingerprint density at radius 3 is 1.42 bits per heavy atom. The maximum absolute atomic E-state index is 12.8. The van der Waals surface area contributed by atoms with Crippen molar-refractivity contribution in [2.75, 3.05) is 19.0 Å². The second-order valence-electron chi connectivity index (χ2n) is 16.8. The molecule has 1 heterocycles. The van der Waals surface area contributed by atoms with Crippen LogP contribution in [0.15, 0.2) is 48.6 Å². The van der Waals surface area contributed by atoms with Crippen LogP contribution >= 0.6 is 0 Å². The van der Waals surface area contributed by atoms with E-state index < -0.39 is 71.2 Å². The predicted octanol–water partition coefficient (Wildman–Crippen LogP) is 10.3. The minimum Gasteiger partial charge on any atom is -0.462 e. The van der Waals surface area contributed by atoms with Gasteiger partial charge in [-0.05, 0) is 77.0 Å². The first-order chi connectivity index (χ1) is 30.0. The number of allylic oxidation sites excluding steroid dienone is 8. The normalized spacial score (nSPS) is 20.3. The number of carbonyl (C=O) groups is 2. The van der Waals surface area contributed by atoms with E-state index in [1.54, 1.807) is 0 Å². The highest BCUT2D eigenvalue weighted by atomic mass is 32.2. The Kier molecular flexibility index (Phi) is 36.3. The molecular weight excluding hydrogens is 813 g/mol. The van der Waals surface area contributed by atoms with Gasteiger partial charge >= 0.3 is 11.9 Å². The Hall–Kier alpha value is -2.39. The van der Waals surface area contributed by atoms with E-state index in [1.807, 2.05) is 0 Å². The summed E-state index contributed by atoms with van der Waals surface area (Å²) in [5, 5.41) is 30.9. The highest BCUT2D eigenvalue weighted by molar-refractivity contribution is 7.85. The lowest BCUT2D eigenvalue weighted by Gasteiger charge is -2.40. The maximum Gasteiger partial charge on any atom is 0.306 e. The SMILES string of the molecule is CCCCC/C=C/C/C=C/CCCCCCCCCCCC(=O)O[C@H](COC(=O)CCCCCCC/C=C/C/C=C/CCCCC)CO[C@H]1O[C@H](CS(=O)(=O)O)[C@@H](O)C(O)C1O. The molecule has 12 nitrogen and oxygen atoms in total. The Labute approximate surface area is 375 Å². The minimum atomic E-state index is -4.61. The van der Waals surface area contributed by atoms with E-state index in [4.69, 9.17) is 18.9 Å². The van der Waals surface area contributed by atoms with Gasteiger partial charge in [0, 0.05) is 12.8 Å². The molecule has 0 spiro atoms. The first-order valence-electron chi connectivity index (χ1n) is 24.2. The van der Waals surface area contributed by atoms with Crippen LogP contribution in [0, 0.1) is 0 Å². The molecule has 1 saturated heterocycles. The fourth-order valence-corrected chi connectivity index (χ4v) is 7.78. The standard InChI is InChI=1S/C49H86O12S/c1-3-5-7-9-11-13-15-17-19-20-21-22-24-26-28-30-32-34-36-38-45(51)60-42(40-59-49-48(54)47(53)46(52)43(61-49)41-62(55,56)57)39-58-44(50)37-35-33-31-29-27-25-23-18-16-14-12-10-8-6-4-2/h11-14,17-19,23,42-43,46-49,52-54H,3-10,15-16,20-22,24-41H2,1-2H3,(H,55,56,57)/b13-11+,14-12+,19-17+,23-18+/t42-,43-,46-,47?,48?,49+/m1/s1. The van der Waals surface area contributed by atoms with Gasteiger partial charge in [-0.2, -0.15) is 8.42 Å². The molecular formula is C49H86O12S. The zero-order chi connectivity index (χ0) is 45.5. The minimum absolute atomic E-state index is 0.155. The summed E-state index contributed by atoms with van der Waals surface area (Å²) >= 11 is 0. The van der Waals surface area contributed by atoms with Gasteiger partial charge in [0.25, 0.3) is 10.1 Å². The number of aliphatic hydroxyl groups is 3. The quantitative estimate of drug-likeness (QED) is 0.0198. The smallest absolute Gasteiger partial charge is 0.306 e. The van der Waals surface area contributed by atoms with Crippen molar-refractivity contribution in [2.24, 2.45) is 0 Å². The van der Waals surface area contributed by atoms with Crippen molar-refractivity contribution in [1.82, 2.24) is 0 Å². The molecule has 13 heteroatoms. The molecule has 0 aromatic rings. The molecule has 0 aliphatic carbocycles. The molecule has 0 aromatic heterocycles. The topological polar surface area (TPSA) is 186 Å². The third-order valence-electron chi connectivity index (χ3n) is 10.9. The van der Waals surface area contributed by atoms with E-state index in [1.165, 1.54) is 70.6 Å². The summed E-state index contributed by atoms with van der Waals surface area (Å²) < 4.78 is 54.1. The molecule has 1 rings (SSSR count). The van der Waals surface area contributed by atoms with Gasteiger partial charge in [-0.15, -0.1) is 0 Å². The van der Waals surface area contributed by atoms with Crippen LogP contribution in [0.3, 0.4) is 0 Å². The van der Waals surface area contributed by atoms with E-state index in [-0.39, 0.29) is 19.4 Å². The Morgan fingerprint density at radius 1 is 0.548 bits per heavy atom. The Bertz CT molecular complexity index is 1330. The van der Waals surface area contributed by atoms with Gasteiger partial charge in [-0.3, -0.25) is 14.1 Å². The van der Waals surface area contributed by atoms with Gasteiger partial charge < -0.3 is 34.3 Å². The van der Waals surface area contributed by atoms with Crippen LogP contribution in [0.5, 0.6) is 0 Å². The molecule has 1 fully saturated rings. The van der Waals surface area contributed by atoms with Crippen molar-refractivity contribution in [1.29, 1.82) is 0 Å². The average molecular weight is 899 g/mol. The van der Waals surface area contributed by atoms with Crippen LogP contribution in [0.2, 0.25) is 0 Å². The molecule has 0 amide bonds. The zero-order valence-corrected chi connectivity index (χ0v) is 39.3. The summed E-state index contributed by atoms with van der Waals surface area (Å²) in [7, 11) is -4.61. The Balaban J connectivity index is 2.42. The van der Waals surface area contributed by atoms with E-state index in [2.05, 4.69) is 62.5 Å². The van der Waals surface area contributed by atoms with Crippen LogP contribution in [0.4, 0.5) is 0 Å². The van der Waals surface area contributed by atoms with Gasteiger partial charge in [-0.1, -0.05) is 152 Å². The largest absolute Gasteiger partial charge is 0.462 e. The highest BCUT2D eigenvalue weighted by Crippen LogP contribution is 2.24. The number of ether oxygens (including phenoxy) is 4. The van der Waals surface area contributed by atoms with Gasteiger partial charge in [0.2, 0.25) is 0 Å². The molecule has 1 aliphatic heterocycles. The van der Waals surface area contributed by atoms with Crippen LogP contribution in [0.25, 0.3) is 0 Å². The van der Waals surface area contributed by atoms with Crippen molar-refractivity contribution < 1.29 is 56.8 Å². The first-order valence-corrected chi connectivity index (χ1v) is 25.8. The van der Waals surface area contributed by atoms with E-state index >= 15 is 0 Å². The molecule has 62 heavy (non-hydrogen) atoms. The molecule has 4 N–H and O–H groups in total. The molecule has 1 aliphatic rings. The Morgan fingerprint density at radius 2 is 0.968 bits per heavy atom. The summed E-state index contributed by atoms with van der Waals surface area (Å²) in [5.74, 6) is -2.01. The van der Waals surface area contributed by atoms with Gasteiger partial charge in [0.1, 0.15) is 36.8 Å². The number of carbonyl (C=O) groups excluding carboxylic acids is 2. The molecule has 0 bridgehead atoms. The number of hydrogen-bond acceptors (Lipinski definition) is 11. The molecule has 6 atom stereocenters. The lowest BCUT2D eigenvalue weighted by molar-refractivity contribution is -0.297. The summed E-state index contributed by atoms with van der Waals surface area (Å²) in [6.45, 7) is 3.70. The van der Waals surface area contributed by atoms with Crippen molar-refractivity contribution in [3.8, 4) is 0 Å². The number of aliphatic hydroxyl groups excluding tert-OH is 3. The lowest BCUT2D eigenvalue weighted by Crippen LogP contribution is -2.60. The van der Waals surface area contributed by atoms with Crippen LogP contribution in [-0.4, -0.2) is 96.0 Å². The third kappa shape index (κ3) is 33.2. The second kappa shape index (κ2) is 39.0. The van der Waals surface area contributed by atoms with Gasteiger partial charge in [0.05, 0.1) is 6.61 Å². The van der Waals surface area contributed by atoms with E-state index in [0.717, 1.165) is 83.5 Å². The van der Waals surface area contributed by atoms with Crippen LogP contribution in [0.1, 0.15) is 194 Å². The van der Waals surface area contributed by atoms with Crippen molar-refractivity contribution in [3.63, 3.8) is 0 Å². The van der Waals surface area contributed by atoms with Crippen molar-refractivity contribution >= 4 is 22.1 Å². The summed E-state index contributed by atoms with van der Waals surface area (Å²) in [6.07, 6.45) is 37.1. The van der Waals surface area contributed by atoms with Gasteiger partial charge in [0.15, 0.2) is 12.4 Å². The number of rotatable bonds is 40. The average Bonchev–Trinajstić information content (AvgIpc) is 3.24. The molecule has 0 radical (unpaired) electrons. The van der Waals surface area contributed by atoms with E-state index in [0.29, 0.717) is 12.8 Å². The monoisotopic (exact) mass is 899 g/mol. The van der Waals surface area contributed by atoms with Crippen LogP contribution < -0.4 is 0 Å². The van der Waals surface area contributed by atoms with Gasteiger partial charge in [-0.25, -0.2) is 0 Å². The summed E-state index contributed by atoms with van der Waals surface area (Å²) in [4.78, 5) is 25.5. The molecule has 0 aromatic carbocycles. The first kappa shape index (κ1) is 57.6. The summed E-state index contributed by atoms with van der Waals surface area (Å²) in [6, 6.07) is 0. The van der Waals surface area contributed by atoms with Crippen molar-refractivity contribution in [2.45, 2.75) is 230 Å². The zero-order valence-electron chi connectivity index (χ0n) is 38.5. The lowest BCUT2D eigenvalue weighted by atomic mass is 10.00. The van der Waals surface area contributed by atoms with E-state index in [9.17, 15) is 37.9 Å². The molecule has 0 saturated carbocycles. The molecule has 360 valence electrons. The predicted molar refractivity (Wildman–Crippen MR) is 247 cm³/mol.